The first-order valence-electron chi connectivity index (χ1n) is 8.95. The molecule has 0 radical (unpaired) electrons. The predicted molar refractivity (Wildman–Crippen MR) is 111 cm³/mol. The number of aromatic nitrogens is 2. The third kappa shape index (κ3) is 5.20. The molecule has 3 aromatic rings. The summed E-state index contributed by atoms with van der Waals surface area (Å²) in [6, 6.07) is 16.8. The first kappa shape index (κ1) is 19.6. The maximum Gasteiger partial charge on any atom is 0.278 e. The molecule has 0 spiro atoms. The van der Waals surface area contributed by atoms with Gasteiger partial charge in [-0.2, -0.15) is 0 Å². The molecular weight excluding hydrogens is 376 g/mol. The second-order valence-corrected chi connectivity index (χ2v) is 6.84. The summed E-state index contributed by atoms with van der Waals surface area (Å²) in [6.45, 7) is 0. The van der Waals surface area contributed by atoms with E-state index in [1.54, 1.807) is 35.9 Å². The van der Waals surface area contributed by atoms with E-state index in [0.717, 1.165) is 12.8 Å². The monoisotopic (exact) mass is 396 g/mol. The molecule has 7 heteroatoms. The lowest BCUT2D eigenvalue weighted by Gasteiger charge is -2.09. The van der Waals surface area contributed by atoms with Crippen LogP contribution >= 0.6 is 11.6 Å². The van der Waals surface area contributed by atoms with Crippen LogP contribution in [0.15, 0.2) is 60.9 Å². The first-order valence-corrected chi connectivity index (χ1v) is 9.33. The molecule has 2 N–H and O–H groups in total. The van der Waals surface area contributed by atoms with Crippen molar-refractivity contribution in [3.05, 3.63) is 77.2 Å². The lowest BCUT2D eigenvalue weighted by Crippen LogP contribution is -2.19. The topological polar surface area (TPSA) is 76.0 Å². The Balaban J connectivity index is 1.59. The summed E-state index contributed by atoms with van der Waals surface area (Å²) in [6.07, 6.45) is 3.40. The molecule has 0 bridgehead atoms. The molecule has 144 valence electrons. The molecule has 0 fully saturated rings. The maximum atomic E-state index is 12.5. The summed E-state index contributed by atoms with van der Waals surface area (Å²) in [5, 5.41) is 6.14. The van der Waals surface area contributed by atoms with E-state index < -0.39 is 5.91 Å². The van der Waals surface area contributed by atoms with Crippen LogP contribution in [0.3, 0.4) is 0 Å². The molecule has 6 nitrogen and oxygen atoms in total. The summed E-state index contributed by atoms with van der Waals surface area (Å²) in [4.78, 5) is 29.0. The molecule has 0 saturated heterocycles. The second kappa shape index (κ2) is 9.19. The average Bonchev–Trinajstić information content (AvgIpc) is 3.05. The minimum atomic E-state index is -0.400. The Hall–Kier alpha value is -3.12. The van der Waals surface area contributed by atoms with Gasteiger partial charge in [-0.05, 0) is 42.7 Å². The SMILES string of the molecule is Cn1cnc(C(=O)Nc2ccc(Cl)cc2)c1NC(=O)CCCc1ccccc1. The molecule has 1 aromatic heterocycles. The number of halogens is 1. The summed E-state index contributed by atoms with van der Waals surface area (Å²) in [5.74, 6) is -0.182. The van der Waals surface area contributed by atoms with Crippen LogP contribution < -0.4 is 10.6 Å². The molecule has 28 heavy (non-hydrogen) atoms. The van der Waals surface area contributed by atoms with Crippen molar-refractivity contribution in [3.8, 4) is 0 Å². The summed E-state index contributed by atoms with van der Waals surface area (Å²) in [7, 11) is 1.73. The zero-order chi connectivity index (χ0) is 19.9. The van der Waals surface area contributed by atoms with Gasteiger partial charge in [-0.3, -0.25) is 9.59 Å². The quantitative estimate of drug-likeness (QED) is 0.625. The number of nitrogens with zero attached hydrogens (tertiary/aromatic N) is 2. The van der Waals surface area contributed by atoms with Crippen molar-refractivity contribution >= 4 is 34.9 Å². The Morgan fingerprint density at radius 1 is 1.04 bits per heavy atom. The molecule has 0 aliphatic rings. The normalized spacial score (nSPS) is 10.5. The Morgan fingerprint density at radius 3 is 2.46 bits per heavy atom. The van der Waals surface area contributed by atoms with E-state index in [1.807, 2.05) is 30.3 Å². The number of aryl methyl sites for hydroxylation is 2. The minimum Gasteiger partial charge on any atom is -0.321 e. The van der Waals surface area contributed by atoms with Crippen LogP contribution in [-0.4, -0.2) is 21.4 Å². The Kier molecular flexibility index (Phi) is 6.45. The molecule has 0 unspecified atom stereocenters. The van der Waals surface area contributed by atoms with Crippen LogP contribution in [0.5, 0.6) is 0 Å². The van der Waals surface area contributed by atoms with Crippen molar-refractivity contribution in [3.63, 3.8) is 0 Å². The van der Waals surface area contributed by atoms with Crippen LogP contribution in [0, 0.1) is 0 Å². The highest BCUT2D eigenvalue weighted by Gasteiger charge is 2.19. The lowest BCUT2D eigenvalue weighted by atomic mass is 10.1. The molecule has 2 amide bonds. The summed E-state index contributed by atoms with van der Waals surface area (Å²) < 4.78 is 1.62. The van der Waals surface area contributed by atoms with Gasteiger partial charge in [-0.15, -0.1) is 0 Å². The van der Waals surface area contributed by atoms with E-state index >= 15 is 0 Å². The molecule has 0 atom stereocenters. The lowest BCUT2D eigenvalue weighted by molar-refractivity contribution is -0.116. The van der Waals surface area contributed by atoms with Gasteiger partial charge in [0.15, 0.2) is 5.69 Å². The van der Waals surface area contributed by atoms with Gasteiger partial charge >= 0.3 is 0 Å². The van der Waals surface area contributed by atoms with E-state index in [9.17, 15) is 9.59 Å². The van der Waals surface area contributed by atoms with Crippen LogP contribution in [-0.2, 0) is 18.3 Å². The highest BCUT2D eigenvalue weighted by Crippen LogP contribution is 2.18. The number of carbonyl (C=O) groups excluding carboxylic acids is 2. The molecule has 0 aliphatic heterocycles. The Morgan fingerprint density at radius 2 is 1.75 bits per heavy atom. The fourth-order valence-electron chi connectivity index (χ4n) is 2.76. The summed E-state index contributed by atoms with van der Waals surface area (Å²) >= 11 is 5.86. The van der Waals surface area contributed by atoms with Crippen molar-refractivity contribution in [2.24, 2.45) is 7.05 Å². The fraction of sp³-hybridized carbons (Fsp3) is 0.190. The van der Waals surface area contributed by atoms with Crippen molar-refractivity contribution < 1.29 is 9.59 Å². The van der Waals surface area contributed by atoms with E-state index in [1.165, 1.54) is 11.9 Å². The predicted octanol–water partition coefficient (Wildman–Crippen LogP) is 4.29. The smallest absolute Gasteiger partial charge is 0.278 e. The Bertz CT molecular complexity index is 952. The standard InChI is InChI=1S/C21H21ClN4O2/c1-26-14-23-19(21(28)24-17-12-10-16(22)11-13-17)20(26)25-18(27)9-5-8-15-6-3-2-4-7-15/h2-4,6-7,10-14H,5,8-9H2,1H3,(H,24,28)(H,25,27). The Labute approximate surface area is 168 Å². The number of hydrogen-bond donors (Lipinski definition) is 2. The van der Waals surface area contributed by atoms with Crippen LogP contribution in [0.1, 0.15) is 28.9 Å². The maximum absolute atomic E-state index is 12.5. The number of rotatable bonds is 7. The van der Waals surface area contributed by atoms with E-state index in [-0.39, 0.29) is 11.6 Å². The van der Waals surface area contributed by atoms with Gasteiger partial charge in [0, 0.05) is 24.2 Å². The van der Waals surface area contributed by atoms with E-state index in [2.05, 4.69) is 15.6 Å². The number of imidazole rings is 1. The number of anilines is 2. The highest BCUT2D eigenvalue weighted by atomic mass is 35.5. The van der Waals surface area contributed by atoms with Crippen molar-refractivity contribution in [1.29, 1.82) is 0 Å². The van der Waals surface area contributed by atoms with E-state index in [4.69, 9.17) is 11.6 Å². The highest BCUT2D eigenvalue weighted by molar-refractivity contribution is 6.30. The van der Waals surface area contributed by atoms with Crippen LogP contribution in [0.4, 0.5) is 11.5 Å². The molecular formula is C21H21ClN4O2. The average molecular weight is 397 g/mol. The largest absolute Gasteiger partial charge is 0.321 e. The van der Waals surface area contributed by atoms with E-state index in [0.29, 0.717) is 22.9 Å². The summed E-state index contributed by atoms with van der Waals surface area (Å²) in [5.41, 5.74) is 1.95. The number of hydrogen-bond acceptors (Lipinski definition) is 3. The minimum absolute atomic E-state index is 0.153. The van der Waals surface area contributed by atoms with Gasteiger partial charge in [-0.1, -0.05) is 41.9 Å². The van der Waals surface area contributed by atoms with Gasteiger partial charge < -0.3 is 15.2 Å². The molecule has 0 aliphatic carbocycles. The van der Waals surface area contributed by atoms with Gasteiger partial charge in [0.2, 0.25) is 5.91 Å². The van der Waals surface area contributed by atoms with Crippen LogP contribution in [0.2, 0.25) is 5.02 Å². The number of nitrogens with one attached hydrogen (secondary N) is 2. The van der Waals surface area contributed by atoms with Crippen molar-refractivity contribution in [2.45, 2.75) is 19.3 Å². The number of benzene rings is 2. The third-order valence-corrected chi connectivity index (χ3v) is 4.48. The fourth-order valence-corrected chi connectivity index (χ4v) is 2.89. The van der Waals surface area contributed by atoms with Gasteiger partial charge in [-0.25, -0.2) is 4.98 Å². The second-order valence-electron chi connectivity index (χ2n) is 6.40. The third-order valence-electron chi connectivity index (χ3n) is 4.22. The van der Waals surface area contributed by atoms with Crippen LogP contribution in [0.25, 0.3) is 0 Å². The molecule has 1 heterocycles. The number of amides is 2. The molecule has 0 saturated carbocycles. The zero-order valence-corrected chi connectivity index (χ0v) is 16.2. The van der Waals surface area contributed by atoms with Gasteiger partial charge in [0.25, 0.3) is 5.91 Å². The number of carbonyl (C=O) groups is 2. The van der Waals surface area contributed by atoms with Gasteiger partial charge in [0.05, 0.1) is 6.33 Å². The van der Waals surface area contributed by atoms with Crippen molar-refractivity contribution in [2.75, 3.05) is 10.6 Å². The molecule has 3 rings (SSSR count). The molecule has 2 aromatic carbocycles. The van der Waals surface area contributed by atoms with Crippen molar-refractivity contribution in [1.82, 2.24) is 9.55 Å². The van der Waals surface area contributed by atoms with Gasteiger partial charge in [0.1, 0.15) is 5.82 Å². The zero-order valence-electron chi connectivity index (χ0n) is 15.5. The first-order chi connectivity index (χ1) is 13.5.